The largest absolute Gasteiger partial charge is 0.481 e. The summed E-state index contributed by atoms with van der Waals surface area (Å²) < 4.78 is 27.0. The van der Waals surface area contributed by atoms with Crippen LogP contribution in [0.3, 0.4) is 0 Å². The topological polar surface area (TPSA) is 37.3 Å². The molecule has 17 heavy (non-hydrogen) atoms. The molecule has 0 radical (unpaired) electrons. The predicted octanol–water partition coefficient (Wildman–Crippen LogP) is 3.25. The maximum atomic E-state index is 13.8. The van der Waals surface area contributed by atoms with E-state index in [0.29, 0.717) is 12.8 Å². The highest BCUT2D eigenvalue weighted by Gasteiger charge is 2.43. The molecule has 0 aliphatic heterocycles. The van der Waals surface area contributed by atoms with Gasteiger partial charge in [-0.15, -0.1) is 0 Å². The number of carbonyl (C=O) groups is 1. The molecule has 0 atom stereocenters. The van der Waals surface area contributed by atoms with Gasteiger partial charge in [0.25, 0.3) is 0 Å². The highest BCUT2D eigenvalue weighted by atomic mass is 19.2. The van der Waals surface area contributed by atoms with Crippen molar-refractivity contribution in [1.82, 2.24) is 0 Å². The van der Waals surface area contributed by atoms with E-state index in [-0.39, 0.29) is 5.56 Å². The smallest absolute Gasteiger partial charge is 0.314 e. The molecular formula is C13H14F2O2. The van der Waals surface area contributed by atoms with Gasteiger partial charge < -0.3 is 5.11 Å². The first-order valence-corrected chi connectivity index (χ1v) is 5.76. The number of halogens is 2. The summed E-state index contributed by atoms with van der Waals surface area (Å²) in [5.74, 6) is -3.05. The van der Waals surface area contributed by atoms with Crippen molar-refractivity contribution in [2.24, 2.45) is 0 Å². The minimum absolute atomic E-state index is 0.00954. The lowest BCUT2D eigenvalue weighted by atomic mass is 9.69. The highest BCUT2D eigenvalue weighted by molar-refractivity contribution is 5.81. The first-order valence-electron chi connectivity index (χ1n) is 5.76. The molecule has 2 nitrogen and oxygen atoms in total. The van der Waals surface area contributed by atoms with Gasteiger partial charge in [-0.05, 0) is 18.9 Å². The summed E-state index contributed by atoms with van der Waals surface area (Å²) in [5, 5.41) is 9.37. The maximum Gasteiger partial charge on any atom is 0.314 e. The van der Waals surface area contributed by atoms with E-state index in [1.54, 1.807) is 0 Å². The summed E-state index contributed by atoms with van der Waals surface area (Å²) >= 11 is 0. The fourth-order valence-corrected chi connectivity index (χ4v) is 2.63. The highest BCUT2D eigenvalue weighted by Crippen LogP contribution is 2.41. The Morgan fingerprint density at radius 3 is 2.41 bits per heavy atom. The fraction of sp³-hybridized carbons (Fsp3) is 0.462. The molecule has 0 unspecified atom stereocenters. The van der Waals surface area contributed by atoms with Crippen LogP contribution in [-0.2, 0) is 10.2 Å². The van der Waals surface area contributed by atoms with Crippen LogP contribution in [0.25, 0.3) is 0 Å². The minimum atomic E-state index is -1.25. The third-order valence-electron chi connectivity index (χ3n) is 3.58. The Balaban J connectivity index is 2.53. The van der Waals surface area contributed by atoms with Crippen molar-refractivity contribution in [3.8, 4) is 0 Å². The number of hydrogen-bond donors (Lipinski definition) is 1. The number of carboxylic acids is 1. The first-order chi connectivity index (χ1) is 8.08. The zero-order valence-electron chi connectivity index (χ0n) is 9.38. The predicted molar refractivity (Wildman–Crippen MR) is 58.8 cm³/mol. The van der Waals surface area contributed by atoms with E-state index in [0.717, 1.165) is 25.3 Å². The number of carboxylic acid groups (broad SMARTS) is 1. The summed E-state index contributed by atoms with van der Waals surface area (Å²) in [4.78, 5) is 11.5. The zero-order chi connectivity index (χ0) is 12.5. The van der Waals surface area contributed by atoms with Crippen LogP contribution in [0.5, 0.6) is 0 Å². The first kappa shape index (κ1) is 12.0. The van der Waals surface area contributed by atoms with Crippen molar-refractivity contribution < 1.29 is 18.7 Å². The number of rotatable bonds is 2. The Morgan fingerprint density at radius 1 is 1.18 bits per heavy atom. The van der Waals surface area contributed by atoms with Crippen LogP contribution in [0.1, 0.15) is 37.7 Å². The van der Waals surface area contributed by atoms with Gasteiger partial charge in [0, 0.05) is 5.56 Å². The van der Waals surface area contributed by atoms with Crippen LogP contribution in [-0.4, -0.2) is 11.1 Å². The molecule has 2 rings (SSSR count). The number of benzene rings is 1. The van der Waals surface area contributed by atoms with Crippen LogP contribution < -0.4 is 0 Å². The van der Waals surface area contributed by atoms with Gasteiger partial charge in [0.15, 0.2) is 11.6 Å². The molecule has 1 aromatic rings. The van der Waals surface area contributed by atoms with Gasteiger partial charge in [-0.2, -0.15) is 0 Å². The zero-order valence-corrected chi connectivity index (χ0v) is 9.38. The standard InChI is InChI=1S/C13H14F2O2/c14-10-6-4-5-9(11(10)15)13(12(16)17)7-2-1-3-8-13/h4-6H,1-3,7-8H2,(H,16,17). The van der Waals surface area contributed by atoms with E-state index >= 15 is 0 Å². The molecule has 0 bridgehead atoms. The second-order valence-electron chi connectivity index (χ2n) is 4.55. The fourth-order valence-electron chi connectivity index (χ4n) is 2.63. The molecule has 1 aliphatic carbocycles. The van der Waals surface area contributed by atoms with Crippen molar-refractivity contribution in [3.05, 3.63) is 35.4 Å². The molecule has 0 amide bonds. The van der Waals surface area contributed by atoms with Gasteiger partial charge in [0.1, 0.15) is 0 Å². The van der Waals surface area contributed by atoms with Crippen molar-refractivity contribution in [1.29, 1.82) is 0 Å². The van der Waals surface area contributed by atoms with Gasteiger partial charge in [-0.1, -0.05) is 31.4 Å². The molecule has 0 heterocycles. The summed E-state index contributed by atoms with van der Waals surface area (Å²) in [7, 11) is 0. The van der Waals surface area contributed by atoms with Crippen molar-refractivity contribution >= 4 is 5.97 Å². The Bertz CT molecular complexity index is 437. The molecule has 1 fully saturated rings. The third kappa shape index (κ3) is 1.92. The van der Waals surface area contributed by atoms with Gasteiger partial charge in [-0.25, -0.2) is 8.78 Å². The average Bonchev–Trinajstić information content (AvgIpc) is 2.33. The third-order valence-corrected chi connectivity index (χ3v) is 3.58. The lowest BCUT2D eigenvalue weighted by Gasteiger charge is -2.33. The molecule has 0 spiro atoms. The molecule has 1 aliphatic rings. The van der Waals surface area contributed by atoms with Gasteiger partial charge in [0.05, 0.1) is 5.41 Å². The van der Waals surface area contributed by atoms with E-state index in [2.05, 4.69) is 0 Å². The lowest BCUT2D eigenvalue weighted by molar-refractivity contribution is -0.145. The van der Waals surface area contributed by atoms with Crippen LogP contribution in [0.2, 0.25) is 0 Å². The normalized spacial score (nSPS) is 18.9. The van der Waals surface area contributed by atoms with Crippen molar-refractivity contribution in [2.75, 3.05) is 0 Å². The minimum Gasteiger partial charge on any atom is -0.481 e. The van der Waals surface area contributed by atoms with E-state index in [1.165, 1.54) is 12.1 Å². The van der Waals surface area contributed by atoms with Gasteiger partial charge in [0.2, 0.25) is 0 Å². The summed E-state index contributed by atoms with van der Waals surface area (Å²) in [6.07, 6.45) is 3.18. The second-order valence-corrected chi connectivity index (χ2v) is 4.55. The summed E-state index contributed by atoms with van der Waals surface area (Å²) in [6, 6.07) is 3.77. The summed E-state index contributed by atoms with van der Waals surface area (Å²) in [6.45, 7) is 0. The van der Waals surface area contributed by atoms with Crippen LogP contribution in [0.15, 0.2) is 18.2 Å². The Hall–Kier alpha value is -1.45. The van der Waals surface area contributed by atoms with E-state index in [9.17, 15) is 18.7 Å². The number of aliphatic carboxylic acids is 1. The molecule has 4 heteroatoms. The van der Waals surface area contributed by atoms with E-state index in [4.69, 9.17) is 0 Å². The van der Waals surface area contributed by atoms with E-state index in [1.807, 2.05) is 0 Å². The van der Waals surface area contributed by atoms with Crippen LogP contribution >= 0.6 is 0 Å². The molecule has 1 N–H and O–H groups in total. The Morgan fingerprint density at radius 2 is 1.82 bits per heavy atom. The number of hydrogen-bond acceptors (Lipinski definition) is 1. The molecule has 1 aromatic carbocycles. The van der Waals surface area contributed by atoms with Crippen LogP contribution in [0.4, 0.5) is 8.78 Å². The Kier molecular flexibility index (Phi) is 3.13. The van der Waals surface area contributed by atoms with E-state index < -0.39 is 23.0 Å². The monoisotopic (exact) mass is 240 g/mol. The van der Waals surface area contributed by atoms with Crippen LogP contribution in [0, 0.1) is 11.6 Å². The quantitative estimate of drug-likeness (QED) is 0.861. The lowest BCUT2D eigenvalue weighted by Crippen LogP contribution is -2.38. The molecule has 0 aromatic heterocycles. The Labute approximate surface area is 98.3 Å². The molecular weight excluding hydrogens is 226 g/mol. The summed E-state index contributed by atoms with van der Waals surface area (Å²) in [5.41, 5.74) is -1.26. The van der Waals surface area contributed by atoms with Crippen molar-refractivity contribution in [2.45, 2.75) is 37.5 Å². The van der Waals surface area contributed by atoms with Crippen molar-refractivity contribution in [3.63, 3.8) is 0 Å². The molecule has 1 saturated carbocycles. The molecule has 0 saturated heterocycles. The van der Waals surface area contributed by atoms with Gasteiger partial charge in [-0.3, -0.25) is 4.79 Å². The SMILES string of the molecule is O=C(O)C1(c2cccc(F)c2F)CCCCC1. The maximum absolute atomic E-state index is 13.8. The second kappa shape index (κ2) is 4.43. The molecule has 92 valence electrons. The van der Waals surface area contributed by atoms with Gasteiger partial charge >= 0.3 is 5.97 Å². The average molecular weight is 240 g/mol.